The van der Waals surface area contributed by atoms with E-state index in [0.717, 1.165) is 19.3 Å². The predicted molar refractivity (Wildman–Crippen MR) is 82.7 cm³/mol. The van der Waals surface area contributed by atoms with Crippen molar-refractivity contribution in [3.63, 3.8) is 0 Å². The number of benzene rings is 1. The first kappa shape index (κ1) is 15.8. The van der Waals surface area contributed by atoms with Crippen LogP contribution in [0.1, 0.15) is 32.3 Å². The number of hydrogen-bond donors (Lipinski definition) is 4. The van der Waals surface area contributed by atoms with Crippen molar-refractivity contribution in [2.45, 2.75) is 45.2 Å². The highest BCUT2D eigenvalue weighted by atomic mass is 16.3. The molecule has 1 aromatic rings. The van der Waals surface area contributed by atoms with Crippen LogP contribution in [0.25, 0.3) is 0 Å². The van der Waals surface area contributed by atoms with Gasteiger partial charge < -0.3 is 10.4 Å². The maximum absolute atomic E-state index is 12.1. The number of carbonyl (C=O) groups is 1. The van der Waals surface area contributed by atoms with E-state index >= 15 is 0 Å². The van der Waals surface area contributed by atoms with Crippen LogP contribution in [0.2, 0.25) is 0 Å². The first-order valence-corrected chi connectivity index (χ1v) is 7.68. The Kier molecular flexibility index (Phi) is 5.59. The molecule has 0 saturated carbocycles. The van der Waals surface area contributed by atoms with Crippen molar-refractivity contribution < 1.29 is 9.90 Å². The summed E-state index contributed by atoms with van der Waals surface area (Å²) in [5.74, 6) is 0.648. The van der Waals surface area contributed by atoms with Gasteiger partial charge in [-0.3, -0.25) is 10.2 Å². The van der Waals surface area contributed by atoms with Gasteiger partial charge in [0.05, 0.1) is 0 Å². The Labute approximate surface area is 126 Å². The highest BCUT2D eigenvalue weighted by Gasteiger charge is 2.35. The molecular weight excluding hydrogens is 266 g/mol. The van der Waals surface area contributed by atoms with Gasteiger partial charge in [-0.15, -0.1) is 0 Å². The standard InChI is InChI=1S/C16H25N3O2/c1-3-14-11(2)15(19-18-14)16(21)17-10-4-5-12-6-8-13(20)9-7-12/h6-9,11,14-15,18-20H,3-5,10H2,1-2H3,(H,17,21). The average Bonchev–Trinajstić information content (AvgIpc) is 2.86. The second kappa shape index (κ2) is 7.43. The number of rotatable bonds is 6. The van der Waals surface area contributed by atoms with Crippen LogP contribution in [0, 0.1) is 5.92 Å². The molecule has 21 heavy (non-hydrogen) atoms. The molecule has 0 radical (unpaired) electrons. The lowest BCUT2D eigenvalue weighted by Crippen LogP contribution is -2.45. The topological polar surface area (TPSA) is 73.4 Å². The van der Waals surface area contributed by atoms with E-state index in [-0.39, 0.29) is 17.7 Å². The van der Waals surface area contributed by atoms with Crippen molar-refractivity contribution in [3.05, 3.63) is 29.8 Å². The Morgan fingerprint density at radius 2 is 2.00 bits per heavy atom. The van der Waals surface area contributed by atoms with E-state index in [1.807, 2.05) is 12.1 Å². The van der Waals surface area contributed by atoms with Crippen molar-refractivity contribution >= 4 is 5.91 Å². The van der Waals surface area contributed by atoms with Crippen LogP contribution in [0.3, 0.4) is 0 Å². The number of phenols is 1. The van der Waals surface area contributed by atoms with Crippen LogP contribution >= 0.6 is 0 Å². The number of nitrogens with one attached hydrogen (secondary N) is 3. The third-order valence-electron chi connectivity index (χ3n) is 4.18. The Morgan fingerprint density at radius 1 is 1.29 bits per heavy atom. The van der Waals surface area contributed by atoms with E-state index in [9.17, 15) is 9.90 Å². The Bertz CT molecular complexity index is 461. The zero-order valence-corrected chi connectivity index (χ0v) is 12.7. The van der Waals surface area contributed by atoms with Gasteiger partial charge in [-0.05, 0) is 42.9 Å². The van der Waals surface area contributed by atoms with E-state index in [1.165, 1.54) is 5.56 Å². The van der Waals surface area contributed by atoms with Crippen molar-refractivity contribution in [3.8, 4) is 5.75 Å². The van der Waals surface area contributed by atoms with E-state index in [0.29, 0.717) is 18.5 Å². The van der Waals surface area contributed by atoms with Gasteiger partial charge in [0.25, 0.3) is 0 Å². The molecule has 116 valence electrons. The lowest BCUT2D eigenvalue weighted by atomic mass is 9.94. The molecule has 1 aliphatic heterocycles. The van der Waals surface area contributed by atoms with E-state index in [2.05, 4.69) is 30.0 Å². The quantitative estimate of drug-likeness (QED) is 0.597. The summed E-state index contributed by atoms with van der Waals surface area (Å²) in [6.45, 7) is 4.89. The van der Waals surface area contributed by atoms with E-state index in [4.69, 9.17) is 0 Å². The molecule has 2 rings (SSSR count). The van der Waals surface area contributed by atoms with Gasteiger partial charge in [0.15, 0.2) is 0 Å². The molecule has 1 aliphatic rings. The zero-order chi connectivity index (χ0) is 15.2. The van der Waals surface area contributed by atoms with Crippen LogP contribution in [-0.4, -0.2) is 29.6 Å². The summed E-state index contributed by atoms with van der Waals surface area (Å²) in [6.07, 6.45) is 2.80. The zero-order valence-electron chi connectivity index (χ0n) is 12.7. The Balaban J connectivity index is 1.69. The Morgan fingerprint density at radius 3 is 2.62 bits per heavy atom. The van der Waals surface area contributed by atoms with Crippen LogP contribution in [-0.2, 0) is 11.2 Å². The van der Waals surface area contributed by atoms with Gasteiger partial charge in [-0.25, -0.2) is 5.43 Å². The van der Waals surface area contributed by atoms with E-state index in [1.54, 1.807) is 12.1 Å². The smallest absolute Gasteiger partial charge is 0.238 e. The SMILES string of the molecule is CCC1NNC(C(=O)NCCCc2ccc(O)cc2)C1C. The van der Waals surface area contributed by atoms with Gasteiger partial charge >= 0.3 is 0 Å². The molecule has 1 aromatic carbocycles. The molecule has 5 heteroatoms. The largest absolute Gasteiger partial charge is 0.508 e. The lowest BCUT2D eigenvalue weighted by Gasteiger charge is -2.17. The van der Waals surface area contributed by atoms with Gasteiger partial charge in [0.2, 0.25) is 5.91 Å². The summed E-state index contributed by atoms with van der Waals surface area (Å²) in [7, 11) is 0. The van der Waals surface area contributed by atoms with Crippen LogP contribution in [0.5, 0.6) is 5.75 Å². The van der Waals surface area contributed by atoms with Gasteiger partial charge in [-0.1, -0.05) is 26.0 Å². The van der Waals surface area contributed by atoms with Gasteiger partial charge in [0.1, 0.15) is 11.8 Å². The second-order valence-corrected chi connectivity index (χ2v) is 5.70. The number of amides is 1. The third-order valence-corrected chi connectivity index (χ3v) is 4.18. The highest BCUT2D eigenvalue weighted by Crippen LogP contribution is 2.16. The van der Waals surface area contributed by atoms with Crippen LogP contribution in [0.15, 0.2) is 24.3 Å². The molecular formula is C16H25N3O2. The molecule has 1 heterocycles. The molecule has 1 amide bonds. The first-order chi connectivity index (χ1) is 10.1. The summed E-state index contributed by atoms with van der Waals surface area (Å²) >= 11 is 0. The van der Waals surface area contributed by atoms with Crippen molar-refractivity contribution in [2.75, 3.05) is 6.54 Å². The number of carbonyl (C=O) groups excluding carboxylic acids is 1. The molecule has 4 N–H and O–H groups in total. The lowest BCUT2D eigenvalue weighted by molar-refractivity contribution is -0.123. The highest BCUT2D eigenvalue weighted by molar-refractivity contribution is 5.82. The van der Waals surface area contributed by atoms with Crippen molar-refractivity contribution in [1.29, 1.82) is 0 Å². The molecule has 0 bridgehead atoms. The fraction of sp³-hybridized carbons (Fsp3) is 0.562. The Hall–Kier alpha value is -1.59. The number of hydrogen-bond acceptors (Lipinski definition) is 4. The monoisotopic (exact) mass is 291 g/mol. The maximum atomic E-state index is 12.1. The summed E-state index contributed by atoms with van der Waals surface area (Å²) < 4.78 is 0. The van der Waals surface area contributed by atoms with Gasteiger partial charge in [-0.2, -0.15) is 0 Å². The molecule has 5 nitrogen and oxygen atoms in total. The summed E-state index contributed by atoms with van der Waals surface area (Å²) in [4.78, 5) is 12.1. The van der Waals surface area contributed by atoms with Crippen LogP contribution in [0.4, 0.5) is 0 Å². The summed E-state index contributed by atoms with van der Waals surface area (Å²) in [5.41, 5.74) is 7.42. The summed E-state index contributed by atoms with van der Waals surface area (Å²) in [5, 5.41) is 12.2. The molecule has 1 fully saturated rings. The fourth-order valence-corrected chi connectivity index (χ4v) is 2.75. The van der Waals surface area contributed by atoms with Crippen molar-refractivity contribution in [2.24, 2.45) is 5.92 Å². The normalized spacial score (nSPS) is 25.0. The van der Waals surface area contributed by atoms with Gasteiger partial charge in [0, 0.05) is 12.6 Å². The minimum atomic E-state index is -0.149. The fourth-order valence-electron chi connectivity index (χ4n) is 2.75. The molecule has 0 aromatic heterocycles. The predicted octanol–water partition coefficient (Wildman–Crippen LogP) is 1.33. The average molecular weight is 291 g/mol. The second-order valence-electron chi connectivity index (χ2n) is 5.70. The number of phenolic OH excluding ortho intramolecular Hbond substituents is 1. The molecule has 3 atom stereocenters. The van der Waals surface area contributed by atoms with E-state index < -0.39 is 0 Å². The number of aryl methyl sites for hydroxylation is 1. The minimum absolute atomic E-state index is 0.0663. The minimum Gasteiger partial charge on any atom is -0.508 e. The molecule has 1 saturated heterocycles. The molecule has 3 unspecified atom stereocenters. The third kappa shape index (κ3) is 4.19. The van der Waals surface area contributed by atoms with Crippen LogP contribution < -0.4 is 16.2 Å². The number of aromatic hydroxyl groups is 1. The molecule has 0 spiro atoms. The first-order valence-electron chi connectivity index (χ1n) is 7.68. The summed E-state index contributed by atoms with van der Waals surface area (Å²) in [6, 6.07) is 7.41. The van der Waals surface area contributed by atoms with Crippen molar-refractivity contribution in [1.82, 2.24) is 16.2 Å². The maximum Gasteiger partial charge on any atom is 0.238 e. The number of hydrazine groups is 1. The molecule has 0 aliphatic carbocycles.